The zero-order valence-electron chi connectivity index (χ0n) is 17.7. The largest absolute Gasteiger partial charge is 0.497 e. The molecule has 2 aliphatic rings. The van der Waals surface area contributed by atoms with Crippen LogP contribution in [0.3, 0.4) is 0 Å². The molecule has 3 aromatic carbocycles. The van der Waals surface area contributed by atoms with Crippen LogP contribution in [0.2, 0.25) is 0 Å². The van der Waals surface area contributed by atoms with Crippen molar-refractivity contribution in [3.05, 3.63) is 71.3 Å². The average molecular weight is 429 g/mol. The molecule has 2 N–H and O–H groups in total. The molecule has 1 unspecified atom stereocenters. The first-order valence-electron chi connectivity index (χ1n) is 10.6. The van der Waals surface area contributed by atoms with Gasteiger partial charge in [-0.3, -0.25) is 19.7 Å². The molecule has 7 nitrogen and oxygen atoms in total. The number of ether oxygens (including phenoxy) is 1. The lowest BCUT2D eigenvalue weighted by atomic mass is 10.0. The molecule has 7 heteroatoms. The van der Waals surface area contributed by atoms with E-state index in [1.165, 1.54) is 0 Å². The zero-order chi connectivity index (χ0) is 22.2. The first-order chi connectivity index (χ1) is 15.5. The minimum Gasteiger partial charge on any atom is -0.497 e. The molecule has 0 bridgehead atoms. The third-order valence-corrected chi connectivity index (χ3v) is 6.13. The predicted molar refractivity (Wildman–Crippen MR) is 120 cm³/mol. The summed E-state index contributed by atoms with van der Waals surface area (Å²) in [7, 11) is 1.66. The number of rotatable bonds is 5. The third kappa shape index (κ3) is 3.66. The number of hydrogen-bond donors (Lipinski definition) is 2. The molecular weight excluding hydrogens is 406 g/mol. The quantitative estimate of drug-likeness (QED) is 0.608. The molecule has 32 heavy (non-hydrogen) atoms. The Morgan fingerprint density at radius 2 is 1.88 bits per heavy atom. The number of anilines is 1. The SMILES string of the molecule is COc1ccc2ccc(CNc3ccc4c(c3)CN(C3CCC(=O)NC3=O)C4=O)cc2c1. The van der Waals surface area contributed by atoms with Crippen LogP contribution < -0.4 is 15.4 Å². The highest BCUT2D eigenvalue weighted by Crippen LogP contribution is 2.30. The maximum atomic E-state index is 12.8. The van der Waals surface area contributed by atoms with Crippen LogP contribution in [0.1, 0.15) is 34.3 Å². The van der Waals surface area contributed by atoms with Gasteiger partial charge in [-0.25, -0.2) is 0 Å². The van der Waals surface area contributed by atoms with Crippen LogP contribution in [0.5, 0.6) is 5.75 Å². The van der Waals surface area contributed by atoms with Gasteiger partial charge in [0.05, 0.1) is 7.11 Å². The van der Waals surface area contributed by atoms with Gasteiger partial charge in [-0.1, -0.05) is 18.2 Å². The van der Waals surface area contributed by atoms with Crippen LogP contribution in [0.15, 0.2) is 54.6 Å². The molecule has 0 aliphatic carbocycles. The number of benzene rings is 3. The van der Waals surface area contributed by atoms with E-state index in [0.717, 1.165) is 33.3 Å². The van der Waals surface area contributed by atoms with Gasteiger partial charge in [0, 0.05) is 30.8 Å². The summed E-state index contributed by atoms with van der Waals surface area (Å²) in [5.74, 6) is -0.0151. The van der Waals surface area contributed by atoms with Crippen molar-refractivity contribution >= 4 is 34.2 Å². The van der Waals surface area contributed by atoms with Gasteiger partial charge in [0.15, 0.2) is 0 Å². The van der Waals surface area contributed by atoms with E-state index >= 15 is 0 Å². The van der Waals surface area contributed by atoms with E-state index in [4.69, 9.17) is 4.74 Å². The summed E-state index contributed by atoms with van der Waals surface area (Å²) in [5, 5.41) is 8.02. The standard InChI is InChI=1S/C25H23N3O4/c1-32-20-6-4-16-3-2-15(10-17(16)12-20)13-26-19-5-7-21-18(11-19)14-28(25(21)31)22-8-9-23(29)27-24(22)30/h2-7,10-12,22,26H,8-9,13-14H2,1H3,(H,27,29,30). The fraction of sp³-hybridized carbons (Fsp3) is 0.240. The molecule has 5 rings (SSSR count). The fourth-order valence-electron chi connectivity index (χ4n) is 4.40. The minimum absolute atomic E-state index is 0.162. The van der Waals surface area contributed by atoms with Crippen molar-refractivity contribution in [3.63, 3.8) is 0 Å². The molecule has 1 atom stereocenters. The summed E-state index contributed by atoms with van der Waals surface area (Å²) < 4.78 is 5.32. The van der Waals surface area contributed by atoms with Gasteiger partial charge in [0.25, 0.3) is 5.91 Å². The van der Waals surface area contributed by atoms with Gasteiger partial charge in [-0.05, 0) is 64.7 Å². The van der Waals surface area contributed by atoms with Crippen LogP contribution in [-0.2, 0) is 22.7 Å². The zero-order valence-corrected chi connectivity index (χ0v) is 17.7. The van der Waals surface area contributed by atoms with E-state index in [9.17, 15) is 14.4 Å². The van der Waals surface area contributed by atoms with Crippen LogP contribution in [0.25, 0.3) is 10.8 Å². The van der Waals surface area contributed by atoms with Crippen LogP contribution >= 0.6 is 0 Å². The highest BCUT2D eigenvalue weighted by molar-refractivity contribution is 6.05. The summed E-state index contributed by atoms with van der Waals surface area (Å²) in [6.07, 6.45) is 0.614. The Morgan fingerprint density at radius 3 is 2.69 bits per heavy atom. The van der Waals surface area contributed by atoms with E-state index in [-0.39, 0.29) is 18.2 Å². The van der Waals surface area contributed by atoms with Crippen LogP contribution in [0, 0.1) is 0 Å². The topological polar surface area (TPSA) is 87.7 Å². The Labute approximate surface area is 185 Å². The molecule has 3 aromatic rings. The van der Waals surface area contributed by atoms with E-state index in [2.05, 4.69) is 28.8 Å². The average Bonchev–Trinajstić information content (AvgIpc) is 3.12. The highest BCUT2D eigenvalue weighted by Gasteiger charge is 2.39. The highest BCUT2D eigenvalue weighted by atomic mass is 16.5. The number of methoxy groups -OCH3 is 1. The molecule has 2 aliphatic heterocycles. The number of imide groups is 1. The number of carbonyl (C=O) groups excluding carboxylic acids is 3. The second-order valence-corrected chi connectivity index (χ2v) is 8.17. The third-order valence-electron chi connectivity index (χ3n) is 6.13. The van der Waals surface area contributed by atoms with E-state index in [1.807, 2.05) is 30.3 Å². The molecule has 0 saturated carbocycles. The lowest BCUT2D eigenvalue weighted by Crippen LogP contribution is -2.52. The normalized spacial score (nSPS) is 18.0. The number of carbonyl (C=O) groups is 3. The van der Waals surface area contributed by atoms with E-state index in [1.54, 1.807) is 18.1 Å². The molecular formula is C25H23N3O4. The summed E-state index contributed by atoms with van der Waals surface area (Å²) in [4.78, 5) is 38.0. The number of nitrogens with one attached hydrogen (secondary N) is 2. The molecule has 0 spiro atoms. The van der Waals surface area contributed by atoms with Gasteiger partial charge in [-0.15, -0.1) is 0 Å². The van der Waals surface area contributed by atoms with Gasteiger partial charge in [-0.2, -0.15) is 0 Å². The van der Waals surface area contributed by atoms with E-state index < -0.39 is 11.9 Å². The fourth-order valence-corrected chi connectivity index (χ4v) is 4.40. The molecule has 0 aromatic heterocycles. The smallest absolute Gasteiger partial charge is 0.255 e. The molecule has 1 fully saturated rings. The Morgan fingerprint density at radius 1 is 1.03 bits per heavy atom. The molecule has 0 radical (unpaired) electrons. The number of amides is 3. The van der Waals surface area contributed by atoms with Crippen molar-refractivity contribution in [2.45, 2.75) is 32.0 Å². The van der Waals surface area contributed by atoms with Crippen molar-refractivity contribution in [1.82, 2.24) is 10.2 Å². The monoisotopic (exact) mass is 429 g/mol. The lowest BCUT2D eigenvalue weighted by Gasteiger charge is -2.29. The van der Waals surface area contributed by atoms with Crippen LogP contribution in [0.4, 0.5) is 5.69 Å². The number of nitrogens with zero attached hydrogens (tertiary/aromatic N) is 1. The van der Waals surface area contributed by atoms with Crippen molar-refractivity contribution in [2.24, 2.45) is 0 Å². The molecule has 3 amide bonds. The molecule has 1 saturated heterocycles. The Bertz CT molecular complexity index is 1250. The predicted octanol–water partition coefficient (Wildman–Crippen LogP) is 3.22. The van der Waals surface area contributed by atoms with Crippen molar-refractivity contribution < 1.29 is 19.1 Å². The minimum atomic E-state index is -0.599. The second-order valence-electron chi connectivity index (χ2n) is 8.17. The maximum Gasteiger partial charge on any atom is 0.255 e. The second kappa shape index (κ2) is 8.00. The van der Waals surface area contributed by atoms with Crippen molar-refractivity contribution in [2.75, 3.05) is 12.4 Å². The van der Waals surface area contributed by atoms with Gasteiger partial charge < -0.3 is 15.0 Å². The Kier molecular flexibility index (Phi) is 5.01. The van der Waals surface area contributed by atoms with Crippen LogP contribution in [-0.4, -0.2) is 35.8 Å². The number of fused-ring (bicyclic) bond motifs is 2. The van der Waals surface area contributed by atoms with Crippen molar-refractivity contribution in [1.29, 1.82) is 0 Å². The van der Waals surface area contributed by atoms with Gasteiger partial charge >= 0.3 is 0 Å². The Balaban J connectivity index is 1.30. The lowest BCUT2D eigenvalue weighted by molar-refractivity contribution is -0.136. The first-order valence-corrected chi connectivity index (χ1v) is 10.6. The maximum absolute atomic E-state index is 12.8. The molecule has 162 valence electrons. The van der Waals surface area contributed by atoms with Gasteiger partial charge in [0.2, 0.25) is 11.8 Å². The Hall–Kier alpha value is -3.87. The van der Waals surface area contributed by atoms with E-state index in [0.29, 0.717) is 25.1 Å². The summed E-state index contributed by atoms with van der Waals surface area (Å²) in [6.45, 7) is 1.00. The summed E-state index contributed by atoms with van der Waals surface area (Å²) in [5.41, 5.74) is 3.53. The first kappa shape index (κ1) is 20.1. The summed E-state index contributed by atoms with van der Waals surface area (Å²) in [6, 6.07) is 17.4. The number of hydrogen-bond acceptors (Lipinski definition) is 5. The summed E-state index contributed by atoms with van der Waals surface area (Å²) >= 11 is 0. The number of piperidine rings is 1. The molecule has 2 heterocycles. The van der Waals surface area contributed by atoms with Crippen molar-refractivity contribution in [3.8, 4) is 5.75 Å². The van der Waals surface area contributed by atoms with Gasteiger partial charge in [0.1, 0.15) is 11.8 Å².